The van der Waals surface area contributed by atoms with E-state index in [9.17, 15) is 14.7 Å². The lowest BCUT2D eigenvalue weighted by Gasteiger charge is -2.65. The highest BCUT2D eigenvalue weighted by Gasteiger charge is 2.78. The fourth-order valence-electron chi connectivity index (χ4n) is 10.4. The van der Waals surface area contributed by atoms with Crippen LogP contribution in [0.1, 0.15) is 85.6 Å². The average molecular weight is 601 g/mol. The number of aliphatic hydroxyl groups is 1. The fourth-order valence-corrected chi connectivity index (χ4v) is 10.4. The largest absolute Gasteiger partial charge is 0.472 e. The predicted molar refractivity (Wildman–Crippen MR) is 156 cm³/mol. The minimum atomic E-state index is -1.00. The highest BCUT2D eigenvalue weighted by Crippen LogP contribution is 2.74. The van der Waals surface area contributed by atoms with Crippen LogP contribution >= 0.6 is 0 Å². The Morgan fingerprint density at radius 1 is 1.16 bits per heavy atom. The molecule has 0 amide bonds. The van der Waals surface area contributed by atoms with E-state index in [4.69, 9.17) is 28.1 Å². The number of furan rings is 1. The number of hydrogen-bond donors (Lipinski definition) is 1. The third kappa shape index (κ3) is 4.47. The number of hydrogen-bond acceptors (Lipinski definition) is 9. The molecule has 4 fully saturated rings. The maximum absolute atomic E-state index is 13.3. The van der Waals surface area contributed by atoms with Crippen molar-refractivity contribution in [3.63, 3.8) is 0 Å². The van der Waals surface area contributed by atoms with Gasteiger partial charge in [0.15, 0.2) is 6.29 Å². The predicted octanol–water partition coefficient (Wildman–Crippen LogP) is 5.16. The van der Waals surface area contributed by atoms with Gasteiger partial charge >= 0.3 is 11.9 Å². The normalized spacial score (nSPS) is 43.8. The number of methoxy groups -OCH3 is 1. The van der Waals surface area contributed by atoms with Crippen molar-refractivity contribution < 1.29 is 42.8 Å². The number of fused-ring (bicyclic) bond motifs is 4. The third-order valence-electron chi connectivity index (χ3n) is 12.0. The van der Waals surface area contributed by atoms with Crippen LogP contribution in [0.3, 0.4) is 0 Å². The first kappa shape index (κ1) is 30.8. The molecule has 0 aromatic carbocycles. The van der Waals surface area contributed by atoms with Crippen LogP contribution in [0.4, 0.5) is 0 Å². The van der Waals surface area contributed by atoms with Gasteiger partial charge in [-0.25, -0.2) is 0 Å². The molecule has 1 aromatic rings. The highest BCUT2D eigenvalue weighted by atomic mass is 16.6. The van der Waals surface area contributed by atoms with Crippen molar-refractivity contribution in [1.29, 1.82) is 0 Å². The van der Waals surface area contributed by atoms with Gasteiger partial charge in [0, 0.05) is 54.3 Å². The van der Waals surface area contributed by atoms with E-state index in [0.29, 0.717) is 19.4 Å². The van der Waals surface area contributed by atoms with E-state index in [2.05, 4.69) is 27.7 Å². The molecule has 0 bridgehead atoms. The molecule has 3 aliphatic carbocycles. The Morgan fingerprint density at radius 3 is 2.53 bits per heavy atom. The van der Waals surface area contributed by atoms with Gasteiger partial charge in [-0.2, -0.15) is 0 Å². The molecule has 1 aromatic heterocycles. The Balaban J connectivity index is 1.52. The molecule has 9 nitrogen and oxygen atoms in total. The van der Waals surface area contributed by atoms with Gasteiger partial charge in [-0.05, 0) is 42.4 Å². The number of carbonyl (C=O) groups is 2. The Kier molecular flexibility index (Phi) is 7.67. The lowest BCUT2D eigenvalue weighted by Crippen LogP contribution is -2.71. The third-order valence-corrected chi connectivity index (χ3v) is 12.0. The number of ether oxygens (including phenoxy) is 5. The van der Waals surface area contributed by atoms with Crippen molar-refractivity contribution in [3.05, 3.63) is 35.3 Å². The monoisotopic (exact) mass is 600 g/mol. The molecule has 238 valence electrons. The van der Waals surface area contributed by atoms with Gasteiger partial charge in [-0.1, -0.05) is 40.2 Å². The van der Waals surface area contributed by atoms with Gasteiger partial charge in [0.1, 0.15) is 6.10 Å². The number of carbonyl (C=O) groups excluding carboxylic acids is 2. The molecule has 5 aliphatic rings. The summed E-state index contributed by atoms with van der Waals surface area (Å²) in [5, 5.41) is 11.2. The van der Waals surface area contributed by atoms with Crippen molar-refractivity contribution in [2.45, 2.75) is 117 Å². The SMILES string of the molecule is COC(=O)C[C@H]1[C@]2(C)C3=C(C)[C@H](c4ccoc4)C[C@H]3O[C@@H]2[C@@H]2OC[C@]3(C)[C@H](OC(C)=O)C[C@H](OC(O)CC(C)C)[C@@]1(C)[C@@H]23. The second-order valence-electron chi connectivity index (χ2n) is 14.8. The summed E-state index contributed by atoms with van der Waals surface area (Å²) in [5.41, 5.74) is 1.85. The topological polar surface area (TPSA) is 114 Å². The summed E-state index contributed by atoms with van der Waals surface area (Å²) in [4.78, 5) is 25.7. The molecule has 43 heavy (non-hydrogen) atoms. The zero-order valence-electron chi connectivity index (χ0n) is 26.8. The molecule has 2 saturated carbocycles. The van der Waals surface area contributed by atoms with Crippen LogP contribution in [-0.4, -0.2) is 67.6 Å². The lowest BCUT2D eigenvalue weighted by atomic mass is 9.40. The van der Waals surface area contributed by atoms with Crippen LogP contribution in [0.15, 0.2) is 34.2 Å². The van der Waals surface area contributed by atoms with E-state index < -0.39 is 34.7 Å². The van der Waals surface area contributed by atoms with Crippen molar-refractivity contribution in [3.8, 4) is 0 Å². The molecule has 3 heterocycles. The van der Waals surface area contributed by atoms with Crippen LogP contribution in [-0.2, 0) is 33.3 Å². The first-order chi connectivity index (χ1) is 20.3. The number of rotatable bonds is 8. The molecule has 12 atom stereocenters. The lowest BCUT2D eigenvalue weighted by molar-refractivity contribution is -0.282. The summed E-state index contributed by atoms with van der Waals surface area (Å²) >= 11 is 0. The molecule has 1 N–H and O–H groups in total. The van der Waals surface area contributed by atoms with Crippen molar-refractivity contribution >= 4 is 11.9 Å². The van der Waals surface area contributed by atoms with Crippen molar-refractivity contribution in [1.82, 2.24) is 0 Å². The van der Waals surface area contributed by atoms with E-state index in [1.54, 1.807) is 6.26 Å². The average Bonchev–Trinajstić information content (AvgIpc) is 3.69. The van der Waals surface area contributed by atoms with E-state index in [1.165, 1.54) is 25.2 Å². The fraction of sp³-hybridized carbons (Fsp3) is 0.765. The van der Waals surface area contributed by atoms with Crippen LogP contribution in [0.25, 0.3) is 0 Å². The minimum absolute atomic E-state index is 0.121. The summed E-state index contributed by atoms with van der Waals surface area (Å²) in [6, 6.07) is 2.02. The minimum Gasteiger partial charge on any atom is -0.472 e. The van der Waals surface area contributed by atoms with Crippen LogP contribution < -0.4 is 0 Å². The second kappa shape index (κ2) is 10.7. The summed E-state index contributed by atoms with van der Waals surface area (Å²) in [7, 11) is 1.43. The van der Waals surface area contributed by atoms with Crippen LogP contribution in [0.2, 0.25) is 0 Å². The van der Waals surface area contributed by atoms with Crippen LogP contribution in [0.5, 0.6) is 0 Å². The molecule has 6 rings (SSSR count). The van der Waals surface area contributed by atoms with Gasteiger partial charge in [0.2, 0.25) is 0 Å². The van der Waals surface area contributed by atoms with Gasteiger partial charge in [0.25, 0.3) is 0 Å². The second-order valence-corrected chi connectivity index (χ2v) is 14.8. The molecular weight excluding hydrogens is 552 g/mol. The van der Waals surface area contributed by atoms with E-state index in [0.717, 1.165) is 12.0 Å². The van der Waals surface area contributed by atoms with Gasteiger partial charge in [-0.3, -0.25) is 9.59 Å². The van der Waals surface area contributed by atoms with Crippen molar-refractivity contribution in [2.75, 3.05) is 13.7 Å². The van der Waals surface area contributed by atoms with Gasteiger partial charge < -0.3 is 33.2 Å². The van der Waals surface area contributed by atoms with Gasteiger partial charge in [0.05, 0.1) is 50.7 Å². The van der Waals surface area contributed by atoms with E-state index >= 15 is 0 Å². The molecule has 0 radical (unpaired) electrons. The molecule has 0 spiro atoms. The number of aliphatic hydroxyl groups excluding tert-OH is 1. The maximum atomic E-state index is 13.3. The molecule has 9 heteroatoms. The smallest absolute Gasteiger partial charge is 0.305 e. The summed E-state index contributed by atoms with van der Waals surface area (Å²) < 4.78 is 37.1. The molecule has 2 saturated heterocycles. The Hall–Kier alpha value is -2.20. The number of esters is 2. The van der Waals surface area contributed by atoms with Crippen LogP contribution in [0, 0.1) is 34.0 Å². The molecular formula is C34H48O9. The maximum Gasteiger partial charge on any atom is 0.305 e. The van der Waals surface area contributed by atoms with Gasteiger partial charge in [-0.15, -0.1) is 0 Å². The van der Waals surface area contributed by atoms with Crippen molar-refractivity contribution in [2.24, 2.45) is 34.0 Å². The quantitative estimate of drug-likeness (QED) is 0.245. The molecule has 1 unspecified atom stereocenters. The first-order valence-electron chi connectivity index (χ1n) is 15.8. The Morgan fingerprint density at radius 2 is 1.91 bits per heavy atom. The number of allylic oxidation sites excluding steroid dienone is 1. The standard InChI is InChI=1S/C34H48O9/c1-17(2)11-27(37)43-25-14-24(41-19(4)35)32(5)16-40-29-30(32)33(25,6)23(13-26(36)38-8)34(7)28-18(3)21(20-9-10-39-15-20)12-22(28)42-31(29)34/h9-10,15,17,21-25,27,29-31,37H,11-14,16H2,1-8H3/t21-,22-,23-,24-,25+,27?,29-,30+,31-,32-,33+,34-/m1/s1. The summed E-state index contributed by atoms with van der Waals surface area (Å²) in [6.45, 7) is 14.7. The molecule has 2 aliphatic heterocycles. The first-order valence-corrected chi connectivity index (χ1v) is 15.8. The summed E-state index contributed by atoms with van der Waals surface area (Å²) in [5.74, 6) is -0.684. The Bertz CT molecular complexity index is 1270. The van der Waals surface area contributed by atoms with E-state index in [-0.39, 0.29) is 60.3 Å². The zero-order valence-corrected chi connectivity index (χ0v) is 26.8. The van der Waals surface area contributed by atoms with E-state index in [1.807, 2.05) is 26.2 Å². The highest BCUT2D eigenvalue weighted by molar-refractivity contribution is 5.70. The zero-order chi connectivity index (χ0) is 31.1. The Labute approximate surface area is 254 Å². The summed E-state index contributed by atoms with van der Waals surface area (Å²) in [6.07, 6.45) is 2.63.